The molecule has 16 heavy (non-hydrogen) atoms. The molecule has 1 aliphatic heterocycles. The number of rotatable bonds is 0. The molecule has 2 N–H and O–H groups in total. The van der Waals surface area contributed by atoms with E-state index in [0.29, 0.717) is 0 Å². The van der Waals surface area contributed by atoms with E-state index in [1.54, 1.807) is 0 Å². The van der Waals surface area contributed by atoms with Crippen LogP contribution in [-0.2, 0) is 6.42 Å². The molecule has 0 radical (unpaired) electrons. The summed E-state index contributed by atoms with van der Waals surface area (Å²) >= 11 is 0. The summed E-state index contributed by atoms with van der Waals surface area (Å²) in [6, 6.07) is 6.07. The van der Waals surface area contributed by atoms with Crippen molar-refractivity contribution in [3.63, 3.8) is 0 Å². The second-order valence-electron chi connectivity index (χ2n) is 4.93. The van der Waals surface area contributed by atoms with E-state index in [2.05, 4.69) is 24.8 Å². The number of nitrogens with two attached hydrogens (primary N) is 1. The Hall–Kier alpha value is -1.46. The molecule has 84 valence electrons. The summed E-state index contributed by atoms with van der Waals surface area (Å²) in [7, 11) is 0. The minimum Gasteiger partial charge on any atom is -0.490 e. The molecule has 0 saturated heterocycles. The Labute approximate surface area is 96.8 Å². The van der Waals surface area contributed by atoms with Gasteiger partial charge in [-0.15, -0.1) is 0 Å². The standard InChI is InChI=1S/C14H17NO/c1-10-8-12-9-11(4-5-13(12)16-10)6-7-14(2,3)15/h4-5,9-10H,8,15H2,1-3H3. The largest absolute Gasteiger partial charge is 0.490 e. The maximum absolute atomic E-state index is 5.82. The summed E-state index contributed by atoms with van der Waals surface area (Å²) in [6.45, 7) is 5.88. The first-order valence-electron chi connectivity index (χ1n) is 5.56. The lowest BCUT2D eigenvalue weighted by atomic mass is 10.0. The van der Waals surface area contributed by atoms with Gasteiger partial charge in [0.25, 0.3) is 0 Å². The van der Waals surface area contributed by atoms with Gasteiger partial charge in [-0.1, -0.05) is 11.8 Å². The van der Waals surface area contributed by atoms with E-state index >= 15 is 0 Å². The van der Waals surface area contributed by atoms with E-state index in [0.717, 1.165) is 17.7 Å². The first-order chi connectivity index (χ1) is 7.44. The van der Waals surface area contributed by atoms with Gasteiger partial charge in [0.05, 0.1) is 5.54 Å². The molecule has 1 aromatic carbocycles. The Morgan fingerprint density at radius 3 is 2.88 bits per heavy atom. The van der Waals surface area contributed by atoms with Crippen LogP contribution in [0.2, 0.25) is 0 Å². The van der Waals surface area contributed by atoms with E-state index in [1.807, 2.05) is 26.0 Å². The highest BCUT2D eigenvalue weighted by atomic mass is 16.5. The Kier molecular flexibility index (Phi) is 2.65. The first-order valence-corrected chi connectivity index (χ1v) is 5.56. The maximum atomic E-state index is 5.82. The van der Waals surface area contributed by atoms with Crippen LogP contribution in [-0.4, -0.2) is 11.6 Å². The molecule has 1 heterocycles. The van der Waals surface area contributed by atoms with Gasteiger partial charge in [-0.2, -0.15) is 0 Å². The van der Waals surface area contributed by atoms with Crippen molar-refractivity contribution in [2.45, 2.75) is 38.8 Å². The molecule has 2 heteroatoms. The highest BCUT2D eigenvalue weighted by Gasteiger charge is 2.18. The average molecular weight is 215 g/mol. The van der Waals surface area contributed by atoms with E-state index in [9.17, 15) is 0 Å². The molecule has 0 amide bonds. The van der Waals surface area contributed by atoms with Gasteiger partial charge in [0, 0.05) is 12.0 Å². The topological polar surface area (TPSA) is 35.2 Å². The molecule has 0 bridgehead atoms. The fourth-order valence-electron chi connectivity index (χ4n) is 1.73. The normalized spacial score (nSPS) is 18.4. The number of fused-ring (bicyclic) bond motifs is 1. The zero-order valence-corrected chi connectivity index (χ0v) is 10.0. The van der Waals surface area contributed by atoms with Crippen LogP contribution < -0.4 is 10.5 Å². The molecular formula is C14H17NO. The van der Waals surface area contributed by atoms with E-state index in [4.69, 9.17) is 10.5 Å². The van der Waals surface area contributed by atoms with Crippen molar-refractivity contribution in [2.24, 2.45) is 5.73 Å². The van der Waals surface area contributed by atoms with Crippen LogP contribution in [0.3, 0.4) is 0 Å². The van der Waals surface area contributed by atoms with E-state index in [1.165, 1.54) is 5.56 Å². The van der Waals surface area contributed by atoms with Gasteiger partial charge in [0.1, 0.15) is 11.9 Å². The van der Waals surface area contributed by atoms with Crippen molar-refractivity contribution in [2.75, 3.05) is 0 Å². The monoisotopic (exact) mass is 215 g/mol. The minimum atomic E-state index is -0.442. The summed E-state index contributed by atoms with van der Waals surface area (Å²) in [5, 5.41) is 0. The molecule has 0 saturated carbocycles. The Balaban J connectivity index is 2.26. The van der Waals surface area contributed by atoms with Gasteiger partial charge in [-0.25, -0.2) is 0 Å². The molecule has 1 atom stereocenters. The molecule has 0 fully saturated rings. The Morgan fingerprint density at radius 1 is 1.44 bits per heavy atom. The van der Waals surface area contributed by atoms with Gasteiger partial charge in [0.2, 0.25) is 0 Å². The van der Waals surface area contributed by atoms with Crippen molar-refractivity contribution in [1.29, 1.82) is 0 Å². The number of hydrogen-bond acceptors (Lipinski definition) is 2. The lowest BCUT2D eigenvalue weighted by Crippen LogP contribution is -2.29. The Morgan fingerprint density at radius 2 is 2.19 bits per heavy atom. The average Bonchev–Trinajstić information content (AvgIpc) is 2.52. The van der Waals surface area contributed by atoms with E-state index < -0.39 is 5.54 Å². The van der Waals surface area contributed by atoms with Crippen molar-refractivity contribution >= 4 is 0 Å². The van der Waals surface area contributed by atoms with Crippen molar-refractivity contribution in [3.8, 4) is 17.6 Å². The third-order valence-electron chi connectivity index (χ3n) is 2.43. The summed E-state index contributed by atoms with van der Waals surface area (Å²) in [5.74, 6) is 7.12. The van der Waals surface area contributed by atoms with Crippen LogP contribution in [0, 0.1) is 11.8 Å². The zero-order valence-electron chi connectivity index (χ0n) is 10.0. The lowest BCUT2D eigenvalue weighted by molar-refractivity contribution is 0.254. The molecule has 1 aliphatic rings. The van der Waals surface area contributed by atoms with Gasteiger partial charge in [0.15, 0.2) is 0 Å². The van der Waals surface area contributed by atoms with Crippen LogP contribution in [0.1, 0.15) is 31.9 Å². The molecule has 0 aliphatic carbocycles. The molecule has 0 aromatic heterocycles. The second-order valence-corrected chi connectivity index (χ2v) is 4.93. The molecule has 2 nitrogen and oxygen atoms in total. The van der Waals surface area contributed by atoms with Crippen LogP contribution in [0.4, 0.5) is 0 Å². The van der Waals surface area contributed by atoms with Crippen LogP contribution in [0.15, 0.2) is 18.2 Å². The number of hydrogen-bond donors (Lipinski definition) is 1. The first kappa shape index (κ1) is 11.0. The summed E-state index contributed by atoms with van der Waals surface area (Å²) < 4.78 is 5.63. The van der Waals surface area contributed by atoms with Crippen molar-refractivity contribution in [3.05, 3.63) is 29.3 Å². The minimum absolute atomic E-state index is 0.282. The van der Waals surface area contributed by atoms with Crippen LogP contribution in [0.5, 0.6) is 5.75 Å². The predicted octanol–water partition coefficient (Wildman–Crippen LogP) is 2.10. The lowest BCUT2D eigenvalue weighted by Gasteiger charge is -2.07. The molecular weight excluding hydrogens is 198 g/mol. The van der Waals surface area contributed by atoms with Crippen LogP contribution in [0.25, 0.3) is 0 Å². The third-order valence-corrected chi connectivity index (χ3v) is 2.43. The Bertz CT molecular complexity index is 460. The van der Waals surface area contributed by atoms with E-state index in [-0.39, 0.29) is 6.10 Å². The van der Waals surface area contributed by atoms with Gasteiger partial charge >= 0.3 is 0 Å². The fraction of sp³-hybridized carbons (Fsp3) is 0.429. The van der Waals surface area contributed by atoms with Crippen LogP contribution >= 0.6 is 0 Å². The molecule has 1 aromatic rings. The summed E-state index contributed by atoms with van der Waals surface area (Å²) in [6.07, 6.45) is 1.25. The van der Waals surface area contributed by atoms with Gasteiger partial charge in [-0.05, 0) is 44.5 Å². The molecule has 0 spiro atoms. The predicted molar refractivity (Wildman–Crippen MR) is 65.4 cm³/mol. The smallest absolute Gasteiger partial charge is 0.123 e. The fourth-order valence-corrected chi connectivity index (χ4v) is 1.73. The highest BCUT2D eigenvalue weighted by Crippen LogP contribution is 2.29. The maximum Gasteiger partial charge on any atom is 0.123 e. The van der Waals surface area contributed by atoms with Gasteiger partial charge in [-0.3, -0.25) is 0 Å². The second kappa shape index (κ2) is 3.84. The third kappa shape index (κ3) is 2.56. The summed E-state index contributed by atoms with van der Waals surface area (Å²) in [5.41, 5.74) is 7.63. The number of benzene rings is 1. The molecule has 1 unspecified atom stereocenters. The zero-order chi connectivity index (χ0) is 11.8. The SMILES string of the molecule is CC1Cc2cc(C#CC(C)(C)N)ccc2O1. The highest BCUT2D eigenvalue weighted by molar-refractivity contribution is 5.46. The van der Waals surface area contributed by atoms with Crippen molar-refractivity contribution < 1.29 is 4.74 Å². The number of ether oxygens (including phenoxy) is 1. The molecule has 2 rings (SSSR count). The van der Waals surface area contributed by atoms with Crippen molar-refractivity contribution in [1.82, 2.24) is 0 Å². The quantitative estimate of drug-likeness (QED) is 0.673. The summed E-state index contributed by atoms with van der Waals surface area (Å²) in [4.78, 5) is 0. The van der Waals surface area contributed by atoms with Gasteiger partial charge < -0.3 is 10.5 Å².